The van der Waals surface area contributed by atoms with E-state index in [0.29, 0.717) is 6.07 Å². The van der Waals surface area contributed by atoms with Crippen molar-refractivity contribution >= 4 is 5.97 Å². The van der Waals surface area contributed by atoms with Crippen LogP contribution in [-0.4, -0.2) is 23.9 Å². The SMILES string of the molecule is CCOC(=O)C(F)C(O)c1cc(F)cc(F)c1. The lowest BCUT2D eigenvalue weighted by Crippen LogP contribution is -2.26. The summed E-state index contributed by atoms with van der Waals surface area (Å²) in [7, 11) is 0. The molecule has 0 aliphatic rings. The number of rotatable bonds is 4. The van der Waals surface area contributed by atoms with Crippen molar-refractivity contribution < 1.29 is 27.8 Å². The van der Waals surface area contributed by atoms with Crippen molar-refractivity contribution in [2.24, 2.45) is 0 Å². The molecule has 3 nitrogen and oxygen atoms in total. The molecule has 0 radical (unpaired) electrons. The third-order valence-electron chi connectivity index (χ3n) is 2.02. The average molecular weight is 248 g/mol. The van der Waals surface area contributed by atoms with E-state index in [1.807, 2.05) is 0 Å². The molecular weight excluding hydrogens is 237 g/mol. The molecule has 0 aromatic heterocycles. The third kappa shape index (κ3) is 3.45. The second-order valence-corrected chi connectivity index (χ2v) is 3.30. The molecule has 17 heavy (non-hydrogen) atoms. The summed E-state index contributed by atoms with van der Waals surface area (Å²) in [6.07, 6.45) is -4.34. The molecular formula is C11H11F3O3. The predicted molar refractivity (Wildman–Crippen MR) is 52.8 cm³/mol. The molecule has 94 valence electrons. The largest absolute Gasteiger partial charge is 0.464 e. The molecule has 0 fully saturated rings. The van der Waals surface area contributed by atoms with E-state index in [4.69, 9.17) is 0 Å². The van der Waals surface area contributed by atoms with E-state index < -0.39 is 29.9 Å². The standard InChI is InChI=1S/C11H11F3O3/c1-2-17-11(16)9(14)10(15)6-3-7(12)5-8(13)4-6/h3-5,9-10,15H,2H2,1H3. The number of alkyl halides is 1. The van der Waals surface area contributed by atoms with Crippen LogP contribution in [0.5, 0.6) is 0 Å². The van der Waals surface area contributed by atoms with Gasteiger partial charge in [0, 0.05) is 6.07 Å². The van der Waals surface area contributed by atoms with Gasteiger partial charge in [-0.3, -0.25) is 0 Å². The number of aliphatic hydroxyl groups excluding tert-OH is 1. The van der Waals surface area contributed by atoms with Crippen LogP contribution in [0.3, 0.4) is 0 Å². The predicted octanol–water partition coefficient (Wildman–Crippen LogP) is 1.90. The maximum atomic E-state index is 13.4. The monoisotopic (exact) mass is 248 g/mol. The Bertz CT molecular complexity index is 389. The highest BCUT2D eigenvalue weighted by Gasteiger charge is 2.29. The van der Waals surface area contributed by atoms with Gasteiger partial charge in [0.2, 0.25) is 6.17 Å². The Kier molecular flexibility index (Phi) is 4.51. The second-order valence-electron chi connectivity index (χ2n) is 3.30. The van der Waals surface area contributed by atoms with Gasteiger partial charge in [0.25, 0.3) is 0 Å². The van der Waals surface area contributed by atoms with Gasteiger partial charge in [0.1, 0.15) is 17.7 Å². The van der Waals surface area contributed by atoms with E-state index in [1.54, 1.807) is 0 Å². The van der Waals surface area contributed by atoms with E-state index in [9.17, 15) is 23.1 Å². The molecule has 0 heterocycles. The zero-order valence-corrected chi connectivity index (χ0v) is 8.99. The Balaban J connectivity index is 2.87. The number of carbonyl (C=O) groups excluding carboxylic acids is 1. The first kappa shape index (κ1) is 13.5. The minimum atomic E-state index is -2.38. The van der Waals surface area contributed by atoms with Gasteiger partial charge < -0.3 is 9.84 Å². The highest BCUT2D eigenvalue weighted by Crippen LogP contribution is 2.22. The lowest BCUT2D eigenvalue weighted by atomic mass is 10.1. The van der Waals surface area contributed by atoms with Gasteiger partial charge in [-0.05, 0) is 24.6 Å². The van der Waals surface area contributed by atoms with Crippen molar-refractivity contribution in [3.8, 4) is 0 Å². The first-order valence-electron chi connectivity index (χ1n) is 4.90. The molecule has 0 saturated carbocycles. The van der Waals surface area contributed by atoms with Gasteiger partial charge in [-0.1, -0.05) is 0 Å². The minimum absolute atomic E-state index is 0.0521. The third-order valence-corrected chi connectivity index (χ3v) is 2.02. The summed E-state index contributed by atoms with van der Waals surface area (Å²) < 4.78 is 43.3. The zero-order chi connectivity index (χ0) is 13.0. The smallest absolute Gasteiger partial charge is 0.343 e. The van der Waals surface area contributed by atoms with E-state index >= 15 is 0 Å². The van der Waals surface area contributed by atoms with E-state index in [1.165, 1.54) is 6.92 Å². The Morgan fingerprint density at radius 2 is 1.88 bits per heavy atom. The number of esters is 1. The van der Waals surface area contributed by atoms with Crippen molar-refractivity contribution in [2.45, 2.75) is 19.2 Å². The molecule has 1 N–H and O–H groups in total. The van der Waals surface area contributed by atoms with Gasteiger partial charge in [-0.25, -0.2) is 18.0 Å². The summed E-state index contributed by atoms with van der Waals surface area (Å²) in [6, 6.07) is 2.08. The van der Waals surface area contributed by atoms with Crippen LogP contribution in [0.4, 0.5) is 13.2 Å². The molecule has 0 amide bonds. The summed E-state index contributed by atoms with van der Waals surface area (Å²) in [5.41, 5.74) is -0.358. The number of aliphatic hydroxyl groups is 1. The van der Waals surface area contributed by atoms with Gasteiger partial charge >= 0.3 is 5.97 Å². The maximum Gasteiger partial charge on any atom is 0.343 e. The quantitative estimate of drug-likeness (QED) is 0.828. The summed E-state index contributed by atoms with van der Waals surface area (Å²) in [5, 5.41) is 9.43. The topological polar surface area (TPSA) is 46.5 Å². The summed E-state index contributed by atoms with van der Waals surface area (Å²) >= 11 is 0. The Morgan fingerprint density at radius 3 is 2.35 bits per heavy atom. The van der Waals surface area contributed by atoms with Crippen LogP contribution in [0.2, 0.25) is 0 Å². The fraction of sp³-hybridized carbons (Fsp3) is 0.364. The second kappa shape index (κ2) is 5.67. The highest BCUT2D eigenvalue weighted by atomic mass is 19.1. The molecule has 2 unspecified atom stereocenters. The molecule has 0 aliphatic heterocycles. The van der Waals surface area contributed by atoms with Crippen LogP contribution < -0.4 is 0 Å². The lowest BCUT2D eigenvalue weighted by molar-refractivity contribution is -0.153. The number of ether oxygens (including phenoxy) is 1. The summed E-state index contributed by atoms with van der Waals surface area (Å²) in [4.78, 5) is 11.0. The van der Waals surface area contributed by atoms with Gasteiger partial charge in [0.05, 0.1) is 6.61 Å². The number of carbonyl (C=O) groups is 1. The summed E-state index contributed by atoms with van der Waals surface area (Å²) in [5.74, 6) is -3.20. The van der Waals surface area contributed by atoms with Crippen LogP contribution in [0.1, 0.15) is 18.6 Å². The molecule has 1 aromatic rings. The van der Waals surface area contributed by atoms with Crippen molar-refractivity contribution in [1.82, 2.24) is 0 Å². The van der Waals surface area contributed by atoms with Crippen molar-refractivity contribution in [2.75, 3.05) is 6.61 Å². The highest BCUT2D eigenvalue weighted by molar-refractivity contribution is 5.75. The molecule has 0 aliphatic carbocycles. The maximum absolute atomic E-state index is 13.4. The molecule has 1 aromatic carbocycles. The van der Waals surface area contributed by atoms with E-state index in [2.05, 4.69) is 4.74 Å². The van der Waals surface area contributed by atoms with E-state index in [0.717, 1.165) is 12.1 Å². The van der Waals surface area contributed by atoms with Crippen molar-refractivity contribution in [1.29, 1.82) is 0 Å². The van der Waals surface area contributed by atoms with Crippen LogP contribution >= 0.6 is 0 Å². The summed E-state index contributed by atoms with van der Waals surface area (Å²) in [6.45, 7) is 1.42. The minimum Gasteiger partial charge on any atom is -0.464 e. The molecule has 0 spiro atoms. The Hall–Kier alpha value is -1.56. The number of hydrogen-bond donors (Lipinski definition) is 1. The van der Waals surface area contributed by atoms with Crippen LogP contribution in [0, 0.1) is 11.6 Å². The fourth-order valence-electron chi connectivity index (χ4n) is 1.27. The van der Waals surface area contributed by atoms with E-state index in [-0.39, 0.29) is 12.2 Å². The molecule has 6 heteroatoms. The fourth-order valence-corrected chi connectivity index (χ4v) is 1.27. The zero-order valence-electron chi connectivity index (χ0n) is 8.99. The molecule has 0 saturated heterocycles. The van der Waals surface area contributed by atoms with Crippen molar-refractivity contribution in [3.63, 3.8) is 0 Å². The normalized spacial score (nSPS) is 14.2. The van der Waals surface area contributed by atoms with Gasteiger partial charge in [-0.15, -0.1) is 0 Å². The van der Waals surface area contributed by atoms with Gasteiger partial charge in [-0.2, -0.15) is 0 Å². The molecule has 1 rings (SSSR count). The number of benzene rings is 1. The van der Waals surface area contributed by atoms with Crippen LogP contribution in [0.25, 0.3) is 0 Å². The molecule has 0 bridgehead atoms. The van der Waals surface area contributed by atoms with Crippen LogP contribution in [0.15, 0.2) is 18.2 Å². The van der Waals surface area contributed by atoms with Crippen LogP contribution in [-0.2, 0) is 9.53 Å². The number of hydrogen-bond acceptors (Lipinski definition) is 3. The first-order valence-corrected chi connectivity index (χ1v) is 4.90. The average Bonchev–Trinajstić information content (AvgIpc) is 2.26. The Morgan fingerprint density at radius 1 is 1.35 bits per heavy atom. The number of halogens is 3. The molecule has 2 atom stereocenters. The lowest BCUT2D eigenvalue weighted by Gasteiger charge is -2.14. The van der Waals surface area contributed by atoms with Crippen molar-refractivity contribution in [3.05, 3.63) is 35.4 Å². The first-order chi connectivity index (χ1) is 7.95. The van der Waals surface area contributed by atoms with Gasteiger partial charge in [0.15, 0.2) is 0 Å². The Labute approximate surface area is 95.8 Å².